The fraction of sp³-hybridized carbons (Fsp3) is 0.350. The molecule has 3 rings (SSSR count). The Morgan fingerprint density at radius 2 is 1.77 bits per heavy atom. The molecule has 1 aliphatic rings. The van der Waals surface area contributed by atoms with Gasteiger partial charge >= 0.3 is 6.18 Å². The number of halogens is 3. The van der Waals surface area contributed by atoms with Crippen LogP contribution < -0.4 is 10.1 Å². The fourth-order valence-electron chi connectivity index (χ4n) is 3.03. The number of para-hydroxylation sites is 1. The Morgan fingerprint density at radius 1 is 1.08 bits per heavy atom. The molecule has 2 aromatic carbocycles. The number of rotatable bonds is 7. The highest BCUT2D eigenvalue weighted by molar-refractivity contribution is 5.83. The van der Waals surface area contributed by atoms with E-state index in [0.717, 1.165) is 11.8 Å². The van der Waals surface area contributed by atoms with Gasteiger partial charge in [-0.1, -0.05) is 36.4 Å². The van der Waals surface area contributed by atoms with Gasteiger partial charge in [-0.15, -0.1) is 0 Å². The molecule has 1 N–H and O–H groups in total. The zero-order valence-corrected chi connectivity index (χ0v) is 14.1. The lowest BCUT2D eigenvalue weighted by atomic mass is 10.0. The summed E-state index contributed by atoms with van der Waals surface area (Å²) in [5, 5.41) is 2.79. The monoisotopic (exact) mass is 363 g/mol. The maximum Gasteiger partial charge on any atom is 0.416 e. The standard InChI is InChI=1S/C20H20F3NO2/c21-20(22,23)18-10-5-4-9-15(18)16-13-17(16)19(25)24-11-6-12-26-14-7-2-1-3-8-14/h1-5,7-10,16-17H,6,11-13H2,(H,24,25). The molecule has 2 aromatic rings. The number of hydrogen-bond acceptors (Lipinski definition) is 2. The first-order valence-electron chi connectivity index (χ1n) is 8.58. The lowest BCUT2D eigenvalue weighted by Gasteiger charge is -2.12. The second-order valence-corrected chi connectivity index (χ2v) is 6.34. The minimum absolute atomic E-state index is 0.188. The Kier molecular flexibility index (Phi) is 5.49. The summed E-state index contributed by atoms with van der Waals surface area (Å²) < 4.78 is 44.8. The largest absolute Gasteiger partial charge is 0.494 e. The van der Waals surface area contributed by atoms with Gasteiger partial charge in [0.15, 0.2) is 0 Å². The number of nitrogens with one attached hydrogen (secondary N) is 1. The molecule has 2 atom stereocenters. The first kappa shape index (κ1) is 18.3. The van der Waals surface area contributed by atoms with Gasteiger partial charge in [0, 0.05) is 12.5 Å². The fourth-order valence-corrected chi connectivity index (χ4v) is 3.03. The Bertz CT molecular complexity index is 746. The molecule has 0 bridgehead atoms. The number of benzene rings is 2. The van der Waals surface area contributed by atoms with Crippen molar-refractivity contribution in [3.8, 4) is 5.75 Å². The Hall–Kier alpha value is -2.50. The number of carbonyl (C=O) groups is 1. The molecule has 6 heteroatoms. The van der Waals surface area contributed by atoms with Crippen LogP contribution in [0.4, 0.5) is 13.2 Å². The summed E-state index contributed by atoms with van der Waals surface area (Å²) in [5.41, 5.74) is -0.427. The van der Waals surface area contributed by atoms with Crippen LogP contribution in [-0.2, 0) is 11.0 Å². The summed E-state index contributed by atoms with van der Waals surface area (Å²) in [6, 6.07) is 14.9. The molecule has 1 amide bonds. The maximum atomic E-state index is 13.1. The molecule has 26 heavy (non-hydrogen) atoms. The Labute approximate surface area is 150 Å². The van der Waals surface area contributed by atoms with E-state index in [4.69, 9.17) is 4.74 Å². The molecule has 138 valence electrons. The van der Waals surface area contributed by atoms with Crippen molar-refractivity contribution in [3.63, 3.8) is 0 Å². The Morgan fingerprint density at radius 3 is 2.50 bits per heavy atom. The summed E-state index contributed by atoms with van der Waals surface area (Å²) in [5.74, 6) is -0.154. The van der Waals surface area contributed by atoms with Crippen LogP contribution in [0.2, 0.25) is 0 Å². The van der Waals surface area contributed by atoms with Crippen molar-refractivity contribution < 1.29 is 22.7 Å². The third-order valence-electron chi connectivity index (χ3n) is 4.43. The minimum Gasteiger partial charge on any atom is -0.494 e. The molecule has 0 spiro atoms. The van der Waals surface area contributed by atoms with E-state index in [2.05, 4.69) is 5.32 Å². The summed E-state index contributed by atoms with van der Waals surface area (Å²) in [7, 11) is 0. The van der Waals surface area contributed by atoms with Crippen molar-refractivity contribution in [1.82, 2.24) is 5.32 Å². The molecule has 0 aromatic heterocycles. The molecule has 0 saturated heterocycles. The van der Waals surface area contributed by atoms with Crippen LogP contribution >= 0.6 is 0 Å². The lowest BCUT2D eigenvalue weighted by molar-refractivity contribution is -0.138. The number of carbonyl (C=O) groups excluding carboxylic acids is 1. The van der Waals surface area contributed by atoms with E-state index >= 15 is 0 Å². The topological polar surface area (TPSA) is 38.3 Å². The third-order valence-corrected chi connectivity index (χ3v) is 4.43. The molecule has 2 unspecified atom stereocenters. The van der Waals surface area contributed by atoms with Crippen LogP contribution in [0.1, 0.15) is 29.9 Å². The van der Waals surface area contributed by atoms with Crippen molar-refractivity contribution in [2.45, 2.75) is 24.9 Å². The van der Waals surface area contributed by atoms with Crippen molar-refractivity contribution in [2.75, 3.05) is 13.2 Å². The smallest absolute Gasteiger partial charge is 0.416 e. The Balaban J connectivity index is 1.44. The SMILES string of the molecule is O=C(NCCCOc1ccccc1)C1CC1c1ccccc1C(F)(F)F. The molecular weight excluding hydrogens is 343 g/mol. The van der Waals surface area contributed by atoms with E-state index in [1.54, 1.807) is 6.07 Å². The van der Waals surface area contributed by atoms with Crippen LogP contribution in [0.5, 0.6) is 5.75 Å². The molecule has 1 saturated carbocycles. The number of amides is 1. The number of ether oxygens (including phenoxy) is 1. The van der Waals surface area contributed by atoms with Gasteiger partial charge in [0.05, 0.1) is 12.2 Å². The van der Waals surface area contributed by atoms with Crippen molar-refractivity contribution in [1.29, 1.82) is 0 Å². The van der Waals surface area contributed by atoms with E-state index in [1.807, 2.05) is 30.3 Å². The first-order chi connectivity index (χ1) is 12.5. The molecule has 0 heterocycles. The van der Waals surface area contributed by atoms with Crippen molar-refractivity contribution in [3.05, 3.63) is 65.7 Å². The molecule has 3 nitrogen and oxygen atoms in total. The van der Waals surface area contributed by atoms with Crippen molar-refractivity contribution >= 4 is 5.91 Å². The van der Waals surface area contributed by atoms with E-state index < -0.39 is 11.7 Å². The molecular formula is C20H20F3NO2. The second-order valence-electron chi connectivity index (χ2n) is 6.34. The van der Waals surface area contributed by atoms with Gasteiger partial charge in [-0.3, -0.25) is 4.79 Å². The molecule has 0 radical (unpaired) electrons. The minimum atomic E-state index is -4.39. The summed E-state index contributed by atoms with van der Waals surface area (Å²) in [4.78, 5) is 12.1. The molecule has 1 fully saturated rings. The lowest BCUT2D eigenvalue weighted by Crippen LogP contribution is -2.27. The number of alkyl halides is 3. The van der Waals surface area contributed by atoms with Gasteiger partial charge in [-0.2, -0.15) is 13.2 Å². The quantitative estimate of drug-likeness (QED) is 0.741. The van der Waals surface area contributed by atoms with Crippen LogP contribution in [0.15, 0.2) is 54.6 Å². The molecule has 0 aliphatic heterocycles. The van der Waals surface area contributed by atoms with Gasteiger partial charge in [0.25, 0.3) is 0 Å². The van der Waals surface area contributed by atoms with E-state index in [-0.39, 0.29) is 23.3 Å². The summed E-state index contributed by atoms with van der Waals surface area (Å²) in [6.45, 7) is 0.908. The van der Waals surface area contributed by atoms with Crippen LogP contribution in [0.25, 0.3) is 0 Å². The predicted octanol–water partition coefficient (Wildman–Crippen LogP) is 4.39. The van der Waals surface area contributed by atoms with E-state index in [0.29, 0.717) is 26.0 Å². The van der Waals surface area contributed by atoms with Gasteiger partial charge in [0.2, 0.25) is 5.91 Å². The van der Waals surface area contributed by atoms with Crippen LogP contribution in [-0.4, -0.2) is 19.1 Å². The van der Waals surface area contributed by atoms with E-state index in [1.165, 1.54) is 12.1 Å². The van der Waals surface area contributed by atoms with Crippen LogP contribution in [0.3, 0.4) is 0 Å². The zero-order chi connectivity index (χ0) is 18.6. The van der Waals surface area contributed by atoms with Gasteiger partial charge in [-0.05, 0) is 42.5 Å². The predicted molar refractivity (Wildman–Crippen MR) is 91.9 cm³/mol. The average Bonchev–Trinajstić information content (AvgIpc) is 3.42. The third kappa shape index (κ3) is 4.56. The van der Waals surface area contributed by atoms with Gasteiger partial charge in [0.1, 0.15) is 5.75 Å². The maximum absolute atomic E-state index is 13.1. The second kappa shape index (κ2) is 7.81. The normalized spacial score (nSPS) is 19.0. The first-order valence-corrected chi connectivity index (χ1v) is 8.58. The highest BCUT2D eigenvalue weighted by Crippen LogP contribution is 2.50. The highest BCUT2D eigenvalue weighted by atomic mass is 19.4. The highest BCUT2D eigenvalue weighted by Gasteiger charge is 2.47. The van der Waals surface area contributed by atoms with Crippen molar-refractivity contribution in [2.24, 2.45) is 5.92 Å². The van der Waals surface area contributed by atoms with Crippen LogP contribution in [0, 0.1) is 5.92 Å². The zero-order valence-electron chi connectivity index (χ0n) is 14.1. The van der Waals surface area contributed by atoms with E-state index in [9.17, 15) is 18.0 Å². The number of hydrogen-bond donors (Lipinski definition) is 1. The summed E-state index contributed by atoms with van der Waals surface area (Å²) in [6.07, 6.45) is -3.30. The average molecular weight is 363 g/mol. The van der Waals surface area contributed by atoms with Gasteiger partial charge in [-0.25, -0.2) is 0 Å². The molecule has 1 aliphatic carbocycles. The van der Waals surface area contributed by atoms with Gasteiger partial charge < -0.3 is 10.1 Å². The summed E-state index contributed by atoms with van der Waals surface area (Å²) >= 11 is 0.